The molecule has 388 valence electrons. The number of aliphatic hydroxyl groups is 1. The first kappa shape index (κ1) is 56.3. The molecule has 2 aliphatic heterocycles. The monoisotopic (exact) mass is 992 g/mol. The van der Waals surface area contributed by atoms with Gasteiger partial charge < -0.3 is 67.9 Å². The Kier molecular flexibility index (Phi) is 21.1. The number of phenolic OH excluding ortho intramolecular Hbond substituents is 1. The van der Waals surface area contributed by atoms with E-state index in [1.165, 1.54) is 38.2 Å². The van der Waals surface area contributed by atoms with Crippen LogP contribution in [0.4, 0.5) is 0 Å². The van der Waals surface area contributed by atoms with Crippen LogP contribution < -0.4 is 38.1 Å². The minimum Gasteiger partial charge on any atom is -0.508 e. The van der Waals surface area contributed by atoms with Gasteiger partial charge in [-0.3, -0.25) is 43.3 Å². The summed E-state index contributed by atoms with van der Waals surface area (Å²) in [6.07, 6.45) is -4.13. The molecule has 12 N–H and O–H groups in total. The third-order valence-electron chi connectivity index (χ3n) is 12.5. The highest BCUT2D eigenvalue weighted by atomic mass is 16.5. The van der Waals surface area contributed by atoms with E-state index in [2.05, 4.69) is 31.6 Å². The van der Waals surface area contributed by atoms with Gasteiger partial charge in [-0.2, -0.15) is 0 Å². The summed E-state index contributed by atoms with van der Waals surface area (Å²) in [5.41, 5.74) is 12.1. The molecule has 2 bridgehead atoms. The molecular weight excluding hydrogens is 925 g/mol. The fourth-order valence-electron chi connectivity index (χ4n) is 8.27. The van der Waals surface area contributed by atoms with Crippen LogP contribution in [0.2, 0.25) is 0 Å². The number of carboxylic acids is 1. The lowest BCUT2D eigenvalue weighted by atomic mass is 9.95. The molecule has 2 fully saturated rings. The largest absolute Gasteiger partial charge is 0.508 e. The van der Waals surface area contributed by atoms with Gasteiger partial charge in [-0.25, -0.2) is 4.79 Å². The highest BCUT2D eigenvalue weighted by Crippen LogP contribution is 2.26. The fraction of sp³-hybridized carbons (Fsp3) is 0.542. The van der Waals surface area contributed by atoms with Crippen molar-refractivity contribution in [1.29, 1.82) is 0 Å². The van der Waals surface area contributed by atoms with Crippen molar-refractivity contribution in [2.45, 2.75) is 147 Å². The average molecular weight is 993 g/mol. The van der Waals surface area contributed by atoms with E-state index >= 15 is 4.79 Å². The number of aliphatic hydroxyl groups excluding tert-OH is 1. The summed E-state index contributed by atoms with van der Waals surface area (Å²) in [7, 11) is 1.34. The summed E-state index contributed by atoms with van der Waals surface area (Å²) < 4.78 is 5.87. The molecule has 2 aliphatic rings. The topological polar surface area (TPSA) is 355 Å². The molecule has 0 radical (unpaired) electrons. The van der Waals surface area contributed by atoms with Crippen molar-refractivity contribution in [3.8, 4) is 5.75 Å². The van der Waals surface area contributed by atoms with Gasteiger partial charge in [0.15, 0.2) is 5.96 Å². The lowest BCUT2D eigenvalue weighted by Gasteiger charge is -2.43. The van der Waals surface area contributed by atoms with Crippen LogP contribution in [0.1, 0.15) is 90.2 Å². The zero-order chi connectivity index (χ0) is 52.5. The molecule has 23 nitrogen and oxygen atoms in total. The number of phenols is 1. The minimum atomic E-state index is -1.89. The SMILES string of the molecule is CCCC(=O)N[C@H](CC(=O)O)C(=O)N[C@@H]1C(=O)N[C@@H](CCCN=C(N)N)C(=O)N[C@H]2CC[C@@H](O)N(C2=O)[C@@H](Cc2ccccc2)C(=O)N(C)[C@@H](Cc2ccc(O)cc2)C(=O)NC([C@@H](C)CC)C(=O)O[C@H]1C. The molecular formula is C48H68N10O13. The summed E-state index contributed by atoms with van der Waals surface area (Å²) >= 11 is 0. The molecule has 0 saturated carbocycles. The standard InChI is InChI=1S/C48H68N10O13/c1-6-12-36(60)52-33(25-38(62)63)42(65)56-40-27(4)71-47(70)39(26(3)7-2)55-43(66)34(23-29-16-18-30(59)19-17-29)57(5)46(69)35(24-28-13-9-8-10-14-28)58-37(61)21-20-32(45(58)68)54-41(64)31(53-44(40)67)15-11-22-51-48(49)50/h8-10,13-14,16-19,26-27,31-35,37,39-40,59,61H,6-7,11-12,15,20-25H2,1-5H3,(H,52,60)(H,53,67)(H,54,64)(H,55,66)(H,56,65)(H,62,63)(H4,49,50,51)/t26-,27-,31-,32-,33+,34-,35-,37+,39?,40-/m0/s1. The number of benzene rings is 2. The van der Waals surface area contributed by atoms with Crippen LogP contribution in [0, 0.1) is 5.92 Å². The molecule has 2 saturated heterocycles. The van der Waals surface area contributed by atoms with E-state index in [1.54, 1.807) is 51.1 Å². The average Bonchev–Trinajstić information content (AvgIpc) is 3.32. The number of aromatic hydroxyl groups is 1. The van der Waals surface area contributed by atoms with Crippen LogP contribution in [0.3, 0.4) is 0 Å². The molecule has 1 unspecified atom stereocenters. The summed E-state index contributed by atoms with van der Waals surface area (Å²) in [5.74, 6) is -9.87. The van der Waals surface area contributed by atoms with E-state index in [4.69, 9.17) is 16.2 Å². The Morgan fingerprint density at radius 2 is 1.52 bits per heavy atom. The molecule has 4 rings (SSSR count). The number of rotatable bonds is 17. The van der Waals surface area contributed by atoms with E-state index in [0.29, 0.717) is 17.5 Å². The van der Waals surface area contributed by atoms with Gasteiger partial charge in [0, 0.05) is 32.9 Å². The molecule has 0 aliphatic carbocycles. The molecule has 0 aromatic heterocycles. The van der Waals surface area contributed by atoms with Gasteiger partial charge in [-0.15, -0.1) is 0 Å². The number of cyclic esters (lactones) is 1. The second-order valence-corrected chi connectivity index (χ2v) is 17.9. The van der Waals surface area contributed by atoms with Crippen molar-refractivity contribution in [1.82, 2.24) is 36.4 Å². The molecule has 2 heterocycles. The van der Waals surface area contributed by atoms with E-state index in [-0.39, 0.29) is 69.6 Å². The summed E-state index contributed by atoms with van der Waals surface area (Å²) in [4.78, 5) is 132. The van der Waals surface area contributed by atoms with Crippen LogP contribution in [-0.2, 0) is 60.7 Å². The first-order valence-electron chi connectivity index (χ1n) is 23.7. The lowest BCUT2D eigenvalue weighted by molar-refractivity contribution is -0.165. The van der Waals surface area contributed by atoms with Gasteiger partial charge in [-0.1, -0.05) is 69.7 Å². The number of aliphatic carboxylic acids is 1. The Hall–Kier alpha value is -7.30. The quantitative estimate of drug-likeness (QED) is 0.0396. The molecule has 2 aromatic carbocycles. The Morgan fingerprint density at radius 3 is 2.14 bits per heavy atom. The van der Waals surface area contributed by atoms with Crippen molar-refractivity contribution in [3.63, 3.8) is 0 Å². The summed E-state index contributed by atoms with van der Waals surface area (Å²) in [5, 5.41) is 44.0. The number of guanidine groups is 1. The molecule has 10 atom stereocenters. The maximum absolute atomic E-state index is 15.1. The number of aliphatic imine (C=N–C) groups is 1. The van der Waals surface area contributed by atoms with Gasteiger partial charge >= 0.3 is 11.9 Å². The highest BCUT2D eigenvalue weighted by Gasteiger charge is 2.46. The van der Waals surface area contributed by atoms with Crippen LogP contribution in [0.15, 0.2) is 59.6 Å². The maximum atomic E-state index is 15.1. The Bertz CT molecular complexity index is 2240. The van der Waals surface area contributed by atoms with Crippen molar-refractivity contribution in [2.75, 3.05) is 13.6 Å². The van der Waals surface area contributed by atoms with Crippen LogP contribution in [0.25, 0.3) is 0 Å². The van der Waals surface area contributed by atoms with E-state index in [9.17, 15) is 53.7 Å². The van der Waals surface area contributed by atoms with Gasteiger partial charge in [0.25, 0.3) is 0 Å². The van der Waals surface area contributed by atoms with Crippen molar-refractivity contribution < 1.29 is 63.2 Å². The molecule has 0 spiro atoms. The van der Waals surface area contributed by atoms with Crippen molar-refractivity contribution in [3.05, 3.63) is 65.7 Å². The van der Waals surface area contributed by atoms with Crippen LogP contribution in [-0.4, -0.2) is 153 Å². The van der Waals surface area contributed by atoms with Crippen molar-refractivity contribution >= 4 is 59.2 Å². The van der Waals surface area contributed by atoms with Gasteiger partial charge in [0.1, 0.15) is 60.4 Å². The highest BCUT2D eigenvalue weighted by molar-refractivity contribution is 5.99. The number of nitrogens with zero attached hydrogens (tertiary/aromatic N) is 3. The van der Waals surface area contributed by atoms with E-state index in [0.717, 1.165) is 9.80 Å². The van der Waals surface area contributed by atoms with Gasteiger partial charge in [0.2, 0.25) is 41.4 Å². The van der Waals surface area contributed by atoms with E-state index in [1.807, 2.05) is 0 Å². The first-order valence-corrected chi connectivity index (χ1v) is 23.7. The number of likely N-dealkylation sites (N-methyl/N-ethyl adjacent to an activating group) is 1. The Balaban J connectivity index is 1.91. The zero-order valence-electron chi connectivity index (χ0n) is 40.7. The number of carbonyl (C=O) groups excluding carboxylic acids is 8. The number of ether oxygens (including phenoxy) is 1. The molecule has 2 aromatic rings. The number of fused-ring (bicyclic) bond motifs is 2. The second-order valence-electron chi connectivity index (χ2n) is 17.9. The number of carboxylic acid groups (broad SMARTS) is 1. The maximum Gasteiger partial charge on any atom is 0.329 e. The summed E-state index contributed by atoms with van der Waals surface area (Å²) in [6.45, 7) is 6.29. The van der Waals surface area contributed by atoms with Crippen LogP contribution in [0.5, 0.6) is 5.75 Å². The first-order chi connectivity index (χ1) is 33.6. The summed E-state index contributed by atoms with van der Waals surface area (Å²) in [6, 6.07) is 3.65. The lowest BCUT2D eigenvalue weighted by Crippen LogP contribution is -2.65. The number of carbonyl (C=O) groups is 9. The molecule has 71 heavy (non-hydrogen) atoms. The Labute approximate surface area is 411 Å². The Morgan fingerprint density at radius 1 is 0.873 bits per heavy atom. The molecule has 7 amide bonds. The smallest absolute Gasteiger partial charge is 0.329 e. The fourth-order valence-corrected chi connectivity index (χ4v) is 8.27. The third kappa shape index (κ3) is 16.1. The second kappa shape index (κ2) is 26.6. The van der Waals surface area contributed by atoms with E-state index < -0.39 is 120 Å². The van der Waals surface area contributed by atoms with Crippen molar-refractivity contribution in [2.24, 2.45) is 22.4 Å². The normalized spacial score (nSPS) is 24.6. The minimum absolute atomic E-state index is 0.0138. The third-order valence-corrected chi connectivity index (χ3v) is 12.5. The zero-order valence-corrected chi connectivity index (χ0v) is 40.7. The predicted octanol–water partition coefficient (Wildman–Crippen LogP) is -0.942. The number of hydrogen-bond donors (Lipinski definition) is 10. The number of piperidine rings is 1. The van der Waals surface area contributed by atoms with Gasteiger partial charge in [0.05, 0.1) is 6.42 Å². The van der Waals surface area contributed by atoms with Gasteiger partial charge in [-0.05, 0) is 68.2 Å². The predicted molar refractivity (Wildman–Crippen MR) is 256 cm³/mol. The number of amides is 7. The van der Waals surface area contributed by atoms with Crippen LogP contribution >= 0.6 is 0 Å². The molecule has 23 heteroatoms. The number of nitrogens with one attached hydrogen (secondary N) is 5. The number of esters is 1. The number of hydrogen-bond acceptors (Lipinski definition) is 13. The number of nitrogens with two attached hydrogens (primary N) is 2.